The molecule has 1 N–H and O–H groups in total. The first-order chi connectivity index (χ1) is 9.88. The Kier molecular flexibility index (Phi) is 3.72. The first kappa shape index (κ1) is 12.8. The lowest BCUT2D eigenvalue weighted by atomic mass is 10.1. The predicted molar refractivity (Wildman–Crippen MR) is 80.7 cm³/mol. The molecular formula is C16H18N2O2. The molecule has 0 radical (unpaired) electrons. The highest BCUT2D eigenvalue weighted by molar-refractivity contribution is 5.94. The summed E-state index contributed by atoms with van der Waals surface area (Å²) in [6.07, 6.45) is 6.99. The monoisotopic (exact) mass is 270 g/mol. The van der Waals surface area contributed by atoms with Crippen molar-refractivity contribution >= 4 is 16.6 Å². The van der Waals surface area contributed by atoms with Crippen LogP contribution in [0.4, 0.5) is 5.82 Å². The van der Waals surface area contributed by atoms with E-state index < -0.39 is 0 Å². The molecule has 0 spiro atoms. The van der Waals surface area contributed by atoms with E-state index in [1.165, 1.54) is 0 Å². The van der Waals surface area contributed by atoms with Gasteiger partial charge in [0.1, 0.15) is 19.0 Å². The van der Waals surface area contributed by atoms with Crippen LogP contribution in [0.3, 0.4) is 0 Å². The van der Waals surface area contributed by atoms with Gasteiger partial charge in [0.2, 0.25) is 0 Å². The highest BCUT2D eigenvalue weighted by atomic mass is 16.6. The van der Waals surface area contributed by atoms with Crippen molar-refractivity contribution in [3.8, 4) is 11.5 Å². The van der Waals surface area contributed by atoms with E-state index in [1.54, 1.807) is 0 Å². The maximum atomic E-state index is 5.64. The van der Waals surface area contributed by atoms with E-state index in [4.69, 9.17) is 9.47 Å². The second-order valence-corrected chi connectivity index (χ2v) is 4.66. The van der Waals surface area contributed by atoms with Gasteiger partial charge in [-0.3, -0.25) is 0 Å². The summed E-state index contributed by atoms with van der Waals surface area (Å²) in [5, 5.41) is 5.55. The van der Waals surface area contributed by atoms with Gasteiger partial charge in [0.15, 0.2) is 11.5 Å². The minimum atomic E-state index is 0.600. The fourth-order valence-electron chi connectivity index (χ4n) is 2.29. The third-order valence-corrected chi connectivity index (χ3v) is 3.27. The number of aromatic nitrogens is 1. The molecule has 0 aliphatic carbocycles. The third kappa shape index (κ3) is 2.54. The van der Waals surface area contributed by atoms with E-state index >= 15 is 0 Å². The Morgan fingerprint density at radius 1 is 1.25 bits per heavy atom. The van der Waals surface area contributed by atoms with Gasteiger partial charge in [-0.2, -0.15) is 0 Å². The number of ether oxygens (including phenoxy) is 2. The molecule has 2 aromatic rings. The summed E-state index contributed by atoms with van der Waals surface area (Å²) in [5.41, 5.74) is 0. The maximum Gasteiger partial charge on any atom is 0.162 e. The minimum absolute atomic E-state index is 0.600. The van der Waals surface area contributed by atoms with Crippen molar-refractivity contribution in [1.82, 2.24) is 4.98 Å². The molecule has 0 unspecified atom stereocenters. The Morgan fingerprint density at radius 2 is 2.05 bits per heavy atom. The summed E-state index contributed by atoms with van der Waals surface area (Å²) in [4.78, 5) is 4.42. The summed E-state index contributed by atoms with van der Waals surface area (Å²) >= 11 is 0. The molecule has 1 aromatic carbocycles. The molecule has 2 heterocycles. The second kappa shape index (κ2) is 5.82. The molecule has 0 saturated heterocycles. The van der Waals surface area contributed by atoms with Crippen molar-refractivity contribution in [1.29, 1.82) is 0 Å². The van der Waals surface area contributed by atoms with Crippen LogP contribution in [-0.4, -0.2) is 24.7 Å². The van der Waals surface area contributed by atoms with Crippen LogP contribution in [-0.2, 0) is 0 Å². The normalized spacial score (nSPS) is 13.8. The van der Waals surface area contributed by atoms with Gasteiger partial charge >= 0.3 is 0 Å². The van der Waals surface area contributed by atoms with E-state index in [1.807, 2.05) is 31.3 Å². The molecule has 0 bridgehead atoms. The van der Waals surface area contributed by atoms with E-state index in [0.29, 0.717) is 13.2 Å². The molecular weight excluding hydrogens is 252 g/mol. The van der Waals surface area contributed by atoms with Gasteiger partial charge in [-0.25, -0.2) is 4.98 Å². The summed E-state index contributed by atoms with van der Waals surface area (Å²) in [6.45, 7) is 4.10. The van der Waals surface area contributed by atoms with E-state index in [-0.39, 0.29) is 0 Å². The zero-order valence-electron chi connectivity index (χ0n) is 11.6. The molecule has 4 heteroatoms. The lowest BCUT2D eigenvalue weighted by molar-refractivity contribution is 0.172. The molecule has 0 fully saturated rings. The van der Waals surface area contributed by atoms with Crippen LogP contribution in [0.1, 0.15) is 13.3 Å². The number of hydrogen-bond acceptors (Lipinski definition) is 4. The quantitative estimate of drug-likeness (QED) is 0.683. The van der Waals surface area contributed by atoms with E-state index in [2.05, 4.69) is 22.5 Å². The second-order valence-electron chi connectivity index (χ2n) is 4.66. The first-order valence-corrected chi connectivity index (χ1v) is 6.92. The predicted octanol–water partition coefficient (Wildman–Crippen LogP) is 3.38. The van der Waals surface area contributed by atoms with Gasteiger partial charge in [0.05, 0.1) is 0 Å². The smallest absolute Gasteiger partial charge is 0.162 e. The number of anilines is 1. The average Bonchev–Trinajstić information content (AvgIpc) is 2.50. The van der Waals surface area contributed by atoms with Crippen molar-refractivity contribution in [2.75, 3.05) is 25.1 Å². The van der Waals surface area contributed by atoms with Crippen molar-refractivity contribution in [3.63, 3.8) is 0 Å². The van der Waals surface area contributed by atoms with Gasteiger partial charge < -0.3 is 14.8 Å². The highest BCUT2D eigenvalue weighted by Gasteiger charge is 2.14. The molecule has 1 aromatic heterocycles. The van der Waals surface area contributed by atoms with Crippen LogP contribution in [0.25, 0.3) is 10.8 Å². The largest absolute Gasteiger partial charge is 0.486 e. The highest BCUT2D eigenvalue weighted by Crippen LogP contribution is 2.36. The number of allylic oxidation sites excluding steroid dienone is 1. The Balaban J connectivity index is 1.92. The maximum absolute atomic E-state index is 5.64. The van der Waals surface area contributed by atoms with Crippen LogP contribution >= 0.6 is 0 Å². The van der Waals surface area contributed by atoms with Crippen LogP contribution in [0.2, 0.25) is 0 Å². The van der Waals surface area contributed by atoms with Gasteiger partial charge in [-0.1, -0.05) is 12.2 Å². The van der Waals surface area contributed by atoms with Crippen LogP contribution in [0, 0.1) is 0 Å². The first-order valence-electron chi connectivity index (χ1n) is 6.92. The Hall–Kier alpha value is -2.23. The topological polar surface area (TPSA) is 43.4 Å². The van der Waals surface area contributed by atoms with Crippen molar-refractivity contribution < 1.29 is 9.47 Å². The average molecular weight is 270 g/mol. The summed E-state index contributed by atoms with van der Waals surface area (Å²) in [5.74, 6) is 2.51. The lowest BCUT2D eigenvalue weighted by Crippen LogP contribution is -2.15. The van der Waals surface area contributed by atoms with E-state index in [0.717, 1.165) is 41.1 Å². The molecule has 0 saturated carbocycles. The van der Waals surface area contributed by atoms with Crippen LogP contribution < -0.4 is 14.8 Å². The number of nitrogens with zero attached hydrogens (tertiary/aromatic N) is 1. The summed E-state index contributed by atoms with van der Waals surface area (Å²) < 4.78 is 11.2. The number of rotatable bonds is 4. The zero-order chi connectivity index (χ0) is 13.8. The molecule has 3 rings (SSSR count). The Morgan fingerprint density at radius 3 is 2.85 bits per heavy atom. The molecule has 0 amide bonds. The molecule has 4 nitrogen and oxygen atoms in total. The van der Waals surface area contributed by atoms with E-state index in [9.17, 15) is 0 Å². The van der Waals surface area contributed by atoms with Crippen LogP contribution in [0.15, 0.2) is 36.5 Å². The van der Waals surface area contributed by atoms with Gasteiger partial charge in [-0.05, 0) is 36.9 Å². The number of hydrogen-bond donors (Lipinski definition) is 1. The molecule has 0 atom stereocenters. The minimum Gasteiger partial charge on any atom is -0.486 e. The fraction of sp³-hybridized carbons (Fsp3) is 0.312. The SMILES string of the molecule is C/C=C/CCNc1nccc2cc3c(cc12)OCCO3. The number of fused-ring (bicyclic) bond motifs is 2. The van der Waals surface area contributed by atoms with Crippen molar-refractivity contribution in [3.05, 3.63) is 36.5 Å². The third-order valence-electron chi connectivity index (χ3n) is 3.27. The number of benzene rings is 1. The summed E-state index contributed by atoms with van der Waals surface area (Å²) in [6, 6.07) is 6.02. The number of pyridine rings is 1. The zero-order valence-corrected chi connectivity index (χ0v) is 11.6. The van der Waals surface area contributed by atoms with Crippen molar-refractivity contribution in [2.24, 2.45) is 0 Å². The van der Waals surface area contributed by atoms with Crippen LogP contribution in [0.5, 0.6) is 11.5 Å². The fourth-order valence-corrected chi connectivity index (χ4v) is 2.29. The molecule has 104 valence electrons. The Labute approximate surface area is 118 Å². The number of nitrogens with one attached hydrogen (secondary N) is 1. The van der Waals surface area contributed by atoms with Gasteiger partial charge in [-0.15, -0.1) is 0 Å². The summed E-state index contributed by atoms with van der Waals surface area (Å²) in [7, 11) is 0. The Bertz CT molecular complexity index is 638. The molecule has 1 aliphatic heterocycles. The molecule has 20 heavy (non-hydrogen) atoms. The van der Waals surface area contributed by atoms with Gasteiger partial charge in [0.25, 0.3) is 0 Å². The van der Waals surface area contributed by atoms with Gasteiger partial charge in [0, 0.05) is 18.1 Å². The lowest BCUT2D eigenvalue weighted by Gasteiger charge is -2.19. The standard InChI is InChI=1S/C16H18N2O2/c1-2-3-4-6-17-16-13-11-15-14(19-8-9-20-15)10-12(13)5-7-18-16/h2-3,5,7,10-11H,4,6,8-9H2,1H3,(H,17,18)/b3-2+. The molecule has 1 aliphatic rings. The van der Waals surface area contributed by atoms with Crippen molar-refractivity contribution in [2.45, 2.75) is 13.3 Å².